The topological polar surface area (TPSA) is 142 Å². The second-order valence-electron chi connectivity index (χ2n) is 8.44. The third-order valence-electron chi connectivity index (χ3n) is 6.05. The average molecular weight is 476 g/mol. The number of hydrogen-bond donors (Lipinski definition) is 3. The lowest BCUT2D eigenvalue weighted by molar-refractivity contribution is -0.136. The van der Waals surface area contributed by atoms with Crippen molar-refractivity contribution in [3.63, 3.8) is 0 Å². The molecule has 10 heteroatoms. The number of fused-ring (bicyclic) bond motifs is 1. The predicted molar refractivity (Wildman–Crippen MR) is 126 cm³/mol. The van der Waals surface area contributed by atoms with E-state index in [1.165, 1.54) is 6.07 Å². The van der Waals surface area contributed by atoms with Crippen LogP contribution in [0, 0.1) is 6.92 Å². The van der Waals surface area contributed by atoms with Gasteiger partial charge in [-0.3, -0.25) is 39.0 Å². The summed E-state index contributed by atoms with van der Waals surface area (Å²) in [5, 5.41) is 8.03. The Morgan fingerprint density at radius 2 is 1.94 bits per heavy atom. The average Bonchev–Trinajstić information content (AvgIpc) is 3.08. The first kappa shape index (κ1) is 23.8. The molecule has 0 radical (unpaired) electrons. The normalized spacial score (nSPS) is 17.2. The highest BCUT2D eigenvalue weighted by Crippen LogP contribution is 2.32. The van der Waals surface area contributed by atoms with Gasteiger partial charge >= 0.3 is 0 Å². The number of aldehydes is 1. The number of benzene rings is 2. The van der Waals surface area contributed by atoms with E-state index in [9.17, 15) is 28.8 Å². The Labute approximate surface area is 201 Å². The number of amides is 5. The standard InChI is InChI=1S/C25H24N4O6/c1-14-7-8-16(12-15(14)13-30)27-20(31)6-3-11-26-18-5-2-4-17-22(18)25(35)29(24(17)34)19-9-10-21(32)28-23(19)33/h2,4-5,7-8,12-13,19,26H,3,6,9-11H2,1H3,(H,27,31)(H,28,32,33). The molecule has 35 heavy (non-hydrogen) atoms. The van der Waals surface area contributed by atoms with Crippen LogP contribution < -0.4 is 16.0 Å². The van der Waals surface area contributed by atoms with E-state index in [1.54, 1.807) is 30.3 Å². The van der Waals surface area contributed by atoms with Gasteiger partial charge in [0.25, 0.3) is 11.8 Å². The SMILES string of the molecule is Cc1ccc(NC(=O)CCCNc2cccc3c2C(=O)N(C2CCC(=O)NC2=O)C3=O)cc1C=O. The first-order valence-electron chi connectivity index (χ1n) is 11.2. The number of aryl methyl sites for hydroxylation is 1. The van der Waals surface area contributed by atoms with Crippen LogP contribution in [0.25, 0.3) is 0 Å². The summed E-state index contributed by atoms with van der Waals surface area (Å²) in [6.45, 7) is 2.17. The Morgan fingerprint density at radius 1 is 1.14 bits per heavy atom. The van der Waals surface area contributed by atoms with Gasteiger partial charge in [-0.15, -0.1) is 0 Å². The van der Waals surface area contributed by atoms with Gasteiger partial charge < -0.3 is 10.6 Å². The van der Waals surface area contributed by atoms with E-state index in [1.807, 2.05) is 6.92 Å². The van der Waals surface area contributed by atoms with E-state index in [2.05, 4.69) is 16.0 Å². The number of hydrogen-bond acceptors (Lipinski definition) is 7. The van der Waals surface area contributed by atoms with Crippen molar-refractivity contribution in [1.29, 1.82) is 0 Å². The Balaban J connectivity index is 1.36. The zero-order valence-electron chi connectivity index (χ0n) is 19.1. The first-order chi connectivity index (χ1) is 16.8. The van der Waals surface area contributed by atoms with E-state index < -0.39 is 29.7 Å². The fraction of sp³-hybridized carbons (Fsp3) is 0.280. The number of nitrogens with one attached hydrogen (secondary N) is 3. The molecule has 10 nitrogen and oxygen atoms in total. The van der Waals surface area contributed by atoms with Gasteiger partial charge in [0.15, 0.2) is 0 Å². The summed E-state index contributed by atoms with van der Waals surface area (Å²) in [7, 11) is 0. The van der Waals surface area contributed by atoms with Crippen LogP contribution in [-0.4, -0.2) is 53.3 Å². The molecule has 2 heterocycles. The molecule has 0 saturated carbocycles. The van der Waals surface area contributed by atoms with Crippen LogP contribution in [0.4, 0.5) is 11.4 Å². The quantitative estimate of drug-likeness (QED) is 0.301. The Bertz CT molecular complexity index is 1250. The minimum atomic E-state index is -1.03. The smallest absolute Gasteiger partial charge is 0.264 e. The van der Waals surface area contributed by atoms with Crippen molar-refractivity contribution in [1.82, 2.24) is 10.2 Å². The summed E-state index contributed by atoms with van der Waals surface area (Å²) in [6, 6.07) is 8.88. The fourth-order valence-electron chi connectivity index (χ4n) is 4.20. The molecule has 2 aromatic rings. The first-order valence-corrected chi connectivity index (χ1v) is 11.2. The molecule has 5 amide bonds. The lowest BCUT2D eigenvalue weighted by atomic mass is 10.0. The zero-order valence-corrected chi connectivity index (χ0v) is 19.1. The van der Waals surface area contributed by atoms with Crippen molar-refractivity contribution < 1.29 is 28.8 Å². The molecule has 3 N–H and O–H groups in total. The third-order valence-corrected chi connectivity index (χ3v) is 6.05. The number of anilines is 2. The minimum absolute atomic E-state index is 0.0516. The van der Waals surface area contributed by atoms with E-state index in [0.717, 1.165) is 16.7 Å². The zero-order chi connectivity index (χ0) is 25.1. The van der Waals surface area contributed by atoms with Gasteiger partial charge in [0.05, 0.1) is 11.1 Å². The van der Waals surface area contributed by atoms with E-state index in [0.29, 0.717) is 29.9 Å². The Kier molecular flexibility index (Phi) is 6.72. The minimum Gasteiger partial charge on any atom is -0.384 e. The van der Waals surface area contributed by atoms with Crippen LogP contribution >= 0.6 is 0 Å². The van der Waals surface area contributed by atoms with Gasteiger partial charge in [0.2, 0.25) is 17.7 Å². The maximum atomic E-state index is 13.1. The van der Waals surface area contributed by atoms with Crippen LogP contribution in [0.5, 0.6) is 0 Å². The van der Waals surface area contributed by atoms with Crippen molar-refractivity contribution >= 4 is 47.2 Å². The summed E-state index contributed by atoms with van der Waals surface area (Å²) < 4.78 is 0. The molecule has 180 valence electrons. The predicted octanol–water partition coefficient (Wildman–Crippen LogP) is 2.04. The van der Waals surface area contributed by atoms with Crippen LogP contribution in [0.15, 0.2) is 36.4 Å². The van der Waals surface area contributed by atoms with Crippen molar-refractivity contribution in [2.24, 2.45) is 0 Å². The molecule has 1 saturated heterocycles. The number of nitrogens with zero attached hydrogens (tertiary/aromatic N) is 1. The van der Waals surface area contributed by atoms with Gasteiger partial charge in [-0.05, 0) is 49.6 Å². The van der Waals surface area contributed by atoms with Crippen molar-refractivity contribution in [2.45, 2.75) is 38.6 Å². The summed E-state index contributed by atoms with van der Waals surface area (Å²) >= 11 is 0. The molecule has 1 unspecified atom stereocenters. The Hall–Kier alpha value is -4.34. The molecule has 1 atom stereocenters. The second kappa shape index (κ2) is 9.88. The summed E-state index contributed by atoms with van der Waals surface area (Å²) in [5.41, 5.74) is 2.66. The van der Waals surface area contributed by atoms with Crippen molar-refractivity contribution in [3.8, 4) is 0 Å². The number of carbonyl (C=O) groups excluding carboxylic acids is 6. The third kappa shape index (κ3) is 4.81. The van der Waals surface area contributed by atoms with Gasteiger partial charge in [-0.1, -0.05) is 12.1 Å². The number of imide groups is 2. The maximum absolute atomic E-state index is 13.1. The van der Waals surface area contributed by atoms with E-state index in [4.69, 9.17) is 0 Å². The van der Waals surface area contributed by atoms with Gasteiger partial charge in [0, 0.05) is 36.3 Å². The highest BCUT2D eigenvalue weighted by molar-refractivity contribution is 6.25. The molecule has 2 aliphatic heterocycles. The van der Waals surface area contributed by atoms with E-state index in [-0.39, 0.29) is 36.3 Å². The molecule has 0 aromatic heterocycles. The van der Waals surface area contributed by atoms with Crippen LogP contribution in [0.2, 0.25) is 0 Å². The molecule has 0 spiro atoms. The molecular formula is C25H24N4O6. The lowest BCUT2D eigenvalue weighted by Crippen LogP contribution is -2.54. The summed E-state index contributed by atoms with van der Waals surface area (Å²) in [4.78, 5) is 73.9. The summed E-state index contributed by atoms with van der Waals surface area (Å²) in [5.74, 6) is -2.48. The fourth-order valence-corrected chi connectivity index (χ4v) is 4.20. The molecule has 0 bridgehead atoms. The highest BCUT2D eigenvalue weighted by atomic mass is 16.2. The number of rotatable bonds is 8. The van der Waals surface area contributed by atoms with Gasteiger partial charge in [-0.25, -0.2) is 0 Å². The highest BCUT2D eigenvalue weighted by Gasteiger charge is 2.45. The van der Waals surface area contributed by atoms with Crippen LogP contribution in [0.1, 0.15) is 62.3 Å². The molecule has 1 fully saturated rings. The van der Waals surface area contributed by atoms with Gasteiger partial charge in [0.1, 0.15) is 12.3 Å². The van der Waals surface area contributed by atoms with Gasteiger partial charge in [-0.2, -0.15) is 0 Å². The molecule has 2 aromatic carbocycles. The molecule has 2 aliphatic rings. The molecule has 4 rings (SSSR count). The summed E-state index contributed by atoms with van der Waals surface area (Å²) in [6.07, 6.45) is 1.52. The van der Waals surface area contributed by atoms with Crippen LogP contribution in [0.3, 0.4) is 0 Å². The lowest BCUT2D eigenvalue weighted by Gasteiger charge is -2.27. The van der Waals surface area contributed by atoms with Crippen LogP contribution in [-0.2, 0) is 14.4 Å². The van der Waals surface area contributed by atoms with E-state index >= 15 is 0 Å². The molecule has 0 aliphatic carbocycles. The maximum Gasteiger partial charge on any atom is 0.264 e. The number of carbonyl (C=O) groups is 6. The Morgan fingerprint density at radius 3 is 2.69 bits per heavy atom. The van der Waals surface area contributed by atoms with Crippen molar-refractivity contribution in [3.05, 3.63) is 58.7 Å². The second-order valence-corrected chi connectivity index (χ2v) is 8.44. The van der Waals surface area contributed by atoms with Crippen molar-refractivity contribution in [2.75, 3.05) is 17.2 Å². The number of piperidine rings is 1. The molecular weight excluding hydrogens is 452 g/mol. The monoisotopic (exact) mass is 476 g/mol. The largest absolute Gasteiger partial charge is 0.384 e.